The summed E-state index contributed by atoms with van der Waals surface area (Å²) < 4.78 is 0. The summed E-state index contributed by atoms with van der Waals surface area (Å²) in [7, 11) is 0. The van der Waals surface area contributed by atoms with Crippen molar-refractivity contribution in [2.75, 3.05) is 4.90 Å². The lowest BCUT2D eigenvalue weighted by atomic mass is 9.99. The number of hydrogen-bond acceptors (Lipinski definition) is 6. The van der Waals surface area contributed by atoms with Gasteiger partial charge in [0.2, 0.25) is 11.8 Å². The number of carbonyl (C=O) groups excluding carboxylic acids is 2. The van der Waals surface area contributed by atoms with Crippen molar-refractivity contribution in [1.29, 1.82) is 5.41 Å². The Labute approximate surface area is 211 Å². The molecular formula is C27H22N4O4S. The van der Waals surface area contributed by atoms with E-state index in [1.54, 1.807) is 5.01 Å². The van der Waals surface area contributed by atoms with Gasteiger partial charge >= 0.3 is 5.97 Å². The van der Waals surface area contributed by atoms with Crippen molar-refractivity contribution in [3.63, 3.8) is 0 Å². The van der Waals surface area contributed by atoms with Gasteiger partial charge in [0.25, 0.3) is 0 Å². The van der Waals surface area contributed by atoms with E-state index >= 15 is 0 Å². The summed E-state index contributed by atoms with van der Waals surface area (Å²) in [6.45, 7) is 0. The van der Waals surface area contributed by atoms with E-state index in [-0.39, 0.29) is 29.1 Å². The first-order valence-corrected chi connectivity index (χ1v) is 12.2. The van der Waals surface area contributed by atoms with Gasteiger partial charge in [0.05, 0.1) is 23.0 Å². The van der Waals surface area contributed by atoms with Crippen molar-refractivity contribution in [3.05, 3.63) is 102 Å². The number of carboxylic acid groups (broad SMARTS) is 1. The van der Waals surface area contributed by atoms with Crippen LogP contribution in [0.2, 0.25) is 0 Å². The van der Waals surface area contributed by atoms with Crippen LogP contribution in [0.4, 0.5) is 5.69 Å². The predicted octanol–water partition coefficient (Wildman–Crippen LogP) is 4.54. The molecule has 0 spiro atoms. The molecule has 8 nitrogen and oxygen atoms in total. The fraction of sp³-hybridized carbons (Fsp3) is 0.148. The van der Waals surface area contributed by atoms with Gasteiger partial charge in [-0.15, -0.1) is 0 Å². The quantitative estimate of drug-likeness (QED) is 0.303. The highest BCUT2D eigenvalue weighted by Gasteiger charge is 2.42. The molecule has 2 N–H and O–H groups in total. The Bertz CT molecular complexity index is 1360. The van der Waals surface area contributed by atoms with E-state index in [1.807, 2.05) is 60.7 Å². The first-order valence-electron chi connectivity index (χ1n) is 11.3. The number of aromatic carboxylic acids is 1. The summed E-state index contributed by atoms with van der Waals surface area (Å²) in [5.74, 6) is -1.90. The van der Waals surface area contributed by atoms with Crippen LogP contribution in [0.5, 0.6) is 0 Å². The van der Waals surface area contributed by atoms with Crippen LogP contribution >= 0.6 is 11.8 Å². The number of nitrogens with zero attached hydrogens (tertiary/aromatic N) is 3. The molecule has 1 fully saturated rings. The highest BCUT2D eigenvalue weighted by molar-refractivity contribution is 8.14. The molecule has 1 saturated heterocycles. The van der Waals surface area contributed by atoms with Crippen molar-refractivity contribution in [2.45, 2.75) is 24.1 Å². The van der Waals surface area contributed by atoms with Crippen molar-refractivity contribution >= 4 is 46.1 Å². The van der Waals surface area contributed by atoms with Crippen LogP contribution < -0.4 is 4.90 Å². The van der Waals surface area contributed by atoms with Crippen LogP contribution in [0, 0.1) is 5.41 Å². The Morgan fingerprint density at radius 2 is 1.56 bits per heavy atom. The Morgan fingerprint density at radius 1 is 0.917 bits per heavy atom. The number of amidine groups is 1. The molecular weight excluding hydrogens is 476 g/mol. The number of rotatable bonds is 5. The molecule has 0 aromatic heterocycles. The molecule has 0 radical (unpaired) electrons. The highest BCUT2D eigenvalue weighted by Crippen LogP contribution is 2.37. The van der Waals surface area contributed by atoms with Crippen molar-refractivity contribution in [3.8, 4) is 0 Å². The predicted molar refractivity (Wildman–Crippen MR) is 138 cm³/mol. The molecule has 180 valence electrons. The normalized spacial score (nSPS) is 19.5. The standard InChI is InChI=1S/C27H22N4O4S/c28-27(36-23-16-24(32)30(25(23)33)20-13-11-19(12-14-20)26(34)35)31-22(18-9-5-2-6-10-18)15-21(29-31)17-7-3-1-4-8-17/h1-14,22-23,28H,15-16H2,(H,34,35). The molecule has 0 bridgehead atoms. The monoisotopic (exact) mass is 498 g/mol. The van der Waals surface area contributed by atoms with Gasteiger partial charge in [0.1, 0.15) is 5.25 Å². The molecule has 36 heavy (non-hydrogen) atoms. The second-order valence-corrected chi connectivity index (χ2v) is 9.61. The zero-order valence-corrected chi connectivity index (χ0v) is 19.9. The average molecular weight is 499 g/mol. The van der Waals surface area contributed by atoms with Gasteiger partial charge in [0, 0.05) is 12.8 Å². The van der Waals surface area contributed by atoms with E-state index in [2.05, 4.69) is 0 Å². The maximum Gasteiger partial charge on any atom is 0.335 e. The lowest BCUT2D eigenvalue weighted by molar-refractivity contribution is -0.121. The second-order valence-electron chi connectivity index (χ2n) is 8.42. The summed E-state index contributed by atoms with van der Waals surface area (Å²) in [5, 5.41) is 23.6. The summed E-state index contributed by atoms with van der Waals surface area (Å²) >= 11 is 1.01. The van der Waals surface area contributed by atoms with Crippen molar-refractivity contribution < 1.29 is 19.5 Å². The van der Waals surface area contributed by atoms with E-state index in [4.69, 9.17) is 15.6 Å². The Balaban J connectivity index is 1.37. The number of imide groups is 1. The Hall–Kier alpha value is -4.24. The SMILES string of the molecule is N=C(SC1CC(=O)N(c2ccc(C(=O)O)cc2)C1=O)N1N=C(c2ccccc2)CC1c1ccccc1. The smallest absolute Gasteiger partial charge is 0.335 e. The molecule has 0 aliphatic carbocycles. The third kappa shape index (κ3) is 4.52. The van der Waals surface area contributed by atoms with E-state index in [0.29, 0.717) is 12.1 Å². The number of amides is 2. The molecule has 2 aliphatic heterocycles. The zero-order chi connectivity index (χ0) is 25.2. The fourth-order valence-electron chi connectivity index (χ4n) is 4.35. The van der Waals surface area contributed by atoms with Crippen LogP contribution in [0.1, 0.15) is 40.4 Å². The van der Waals surface area contributed by atoms with Gasteiger partial charge in [-0.1, -0.05) is 72.4 Å². The number of carbonyl (C=O) groups is 3. The molecule has 2 aliphatic rings. The third-order valence-corrected chi connectivity index (χ3v) is 7.20. The van der Waals surface area contributed by atoms with Gasteiger partial charge in [-0.2, -0.15) is 5.10 Å². The van der Waals surface area contributed by atoms with Crippen LogP contribution in [-0.4, -0.2) is 44.0 Å². The highest BCUT2D eigenvalue weighted by atomic mass is 32.2. The topological polar surface area (TPSA) is 114 Å². The lowest BCUT2D eigenvalue weighted by Crippen LogP contribution is -2.32. The van der Waals surface area contributed by atoms with E-state index in [0.717, 1.165) is 33.5 Å². The molecule has 5 rings (SSSR count). The van der Waals surface area contributed by atoms with Crippen LogP contribution in [0.15, 0.2) is 90.0 Å². The first-order chi connectivity index (χ1) is 17.4. The number of thioether (sulfide) groups is 1. The van der Waals surface area contributed by atoms with Gasteiger partial charge in [-0.05, 0) is 35.4 Å². The molecule has 2 unspecified atom stereocenters. The van der Waals surface area contributed by atoms with Crippen LogP contribution in [0.25, 0.3) is 0 Å². The van der Waals surface area contributed by atoms with E-state index in [9.17, 15) is 14.4 Å². The number of nitrogens with one attached hydrogen (secondary N) is 1. The number of hydrogen-bond donors (Lipinski definition) is 2. The summed E-state index contributed by atoms with van der Waals surface area (Å²) in [4.78, 5) is 38.0. The molecule has 2 atom stereocenters. The molecule has 3 aromatic carbocycles. The second kappa shape index (κ2) is 9.79. The minimum Gasteiger partial charge on any atom is -0.478 e. The minimum absolute atomic E-state index is 0.0499. The van der Waals surface area contributed by atoms with Gasteiger partial charge < -0.3 is 5.11 Å². The lowest BCUT2D eigenvalue weighted by Gasteiger charge is -2.24. The fourth-order valence-corrected chi connectivity index (χ4v) is 5.32. The maximum absolute atomic E-state index is 13.1. The molecule has 2 heterocycles. The van der Waals surface area contributed by atoms with Gasteiger partial charge in [0.15, 0.2) is 5.17 Å². The van der Waals surface area contributed by atoms with Crippen molar-refractivity contribution in [2.24, 2.45) is 5.10 Å². The summed E-state index contributed by atoms with van der Waals surface area (Å²) in [6.07, 6.45) is 0.558. The Kier molecular flexibility index (Phi) is 6.39. The summed E-state index contributed by atoms with van der Waals surface area (Å²) in [5.41, 5.74) is 3.22. The number of benzene rings is 3. The first kappa shape index (κ1) is 23.5. The molecule has 3 aromatic rings. The molecule has 9 heteroatoms. The summed E-state index contributed by atoms with van der Waals surface area (Å²) in [6, 6.07) is 25.0. The molecule has 2 amide bonds. The van der Waals surface area contributed by atoms with E-state index < -0.39 is 17.1 Å². The minimum atomic E-state index is -1.09. The average Bonchev–Trinajstić information content (AvgIpc) is 3.46. The van der Waals surface area contributed by atoms with Crippen molar-refractivity contribution in [1.82, 2.24) is 5.01 Å². The van der Waals surface area contributed by atoms with Gasteiger partial charge in [-0.3, -0.25) is 15.0 Å². The molecule has 0 saturated carbocycles. The van der Waals surface area contributed by atoms with Crippen LogP contribution in [-0.2, 0) is 9.59 Å². The third-order valence-electron chi connectivity index (χ3n) is 6.14. The van der Waals surface area contributed by atoms with Crippen LogP contribution in [0.3, 0.4) is 0 Å². The number of anilines is 1. The Morgan fingerprint density at radius 3 is 2.19 bits per heavy atom. The zero-order valence-electron chi connectivity index (χ0n) is 19.1. The largest absolute Gasteiger partial charge is 0.478 e. The maximum atomic E-state index is 13.1. The number of hydrazone groups is 1. The van der Waals surface area contributed by atoms with Gasteiger partial charge in [-0.25, -0.2) is 14.7 Å². The van der Waals surface area contributed by atoms with E-state index in [1.165, 1.54) is 24.3 Å². The number of carboxylic acids is 1.